The normalized spacial score (nSPS) is 24.1. The van der Waals surface area contributed by atoms with Gasteiger partial charge in [0.25, 0.3) is 0 Å². The SMILES string of the molecule is O=C1CCC(C(=O)N2CCCCC(c3ccccc3)C2)CC1. The van der Waals surface area contributed by atoms with Crippen molar-refractivity contribution < 1.29 is 9.59 Å². The van der Waals surface area contributed by atoms with Crippen molar-refractivity contribution >= 4 is 11.7 Å². The van der Waals surface area contributed by atoms with Crippen LogP contribution in [0.3, 0.4) is 0 Å². The van der Waals surface area contributed by atoms with E-state index in [0.717, 1.165) is 38.8 Å². The first-order valence-corrected chi connectivity index (χ1v) is 8.59. The Morgan fingerprint density at radius 2 is 1.73 bits per heavy atom. The fourth-order valence-corrected chi connectivity index (χ4v) is 3.78. The number of rotatable bonds is 2. The fourth-order valence-electron chi connectivity index (χ4n) is 3.78. The number of hydrogen-bond acceptors (Lipinski definition) is 2. The molecule has 1 aromatic carbocycles. The predicted octanol–water partition coefficient (Wildman–Crippen LogP) is 3.54. The molecule has 1 unspecified atom stereocenters. The van der Waals surface area contributed by atoms with Gasteiger partial charge in [-0.25, -0.2) is 0 Å². The van der Waals surface area contributed by atoms with Crippen molar-refractivity contribution in [3.63, 3.8) is 0 Å². The van der Waals surface area contributed by atoms with Gasteiger partial charge in [0.2, 0.25) is 5.91 Å². The average Bonchev–Trinajstić information content (AvgIpc) is 2.82. The Hall–Kier alpha value is -1.64. The van der Waals surface area contributed by atoms with Gasteiger partial charge in [-0.15, -0.1) is 0 Å². The average molecular weight is 299 g/mol. The maximum absolute atomic E-state index is 12.8. The van der Waals surface area contributed by atoms with E-state index >= 15 is 0 Å². The second-order valence-electron chi connectivity index (χ2n) is 6.70. The molecule has 0 aromatic heterocycles. The molecule has 3 nitrogen and oxygen atoms in total. The number of nitrogens with zero attached hydrogens (tertiary/aromatic N) is 1. The predicted molar refractivity (Wildman–Crippen MR) is 86.6 cm³/mol. The van der Waals surface area contributed by atoms with Gasteiger partial charge in [-0.1, -0.05) is 36.8 Å². The summed E-state index contributed by atoms with van der Waals surface area (Å²) in [5.41, 5.74) is 1.35. The Kier molecular flexibility index (Phi) is 4.91. The lowest BCUT2D eigenvalue weighted by Crippen LogP contribution is -2.39. The molecule has 1 amide bonds. The third-order valence-electron chi connectivity index (χ3n) is 5.15. The molecule has 1 saturated carbocycles. The number of ketones is 1. The summed E-state index contributed by atoms with van der Waals surface area (Å²) >= 11 is 0. The molecule has 0 N–H and O–H groups in total. The Morgan fingerprint density at radius 3 is 2.45 bits per heavy atom. The maximum atomic E-state index is 12.8. The molecule has 0 radical (unpaired) electrons. The third kappa shape index (κ3) is 3.57. The molecule has 1 heterocycles. The molecular weight excluding hydrogens is 274 g/mol. The number of amides is 1. The minimum Gasteiger partial charge on any atom is -0.342 e. The molecule has 1 aromatic rings. The number of benzene rings is 1. The van der Waals surface area contributed by atoms with Crippen LogP contribution in [0.4, 0.5) is 0 Å². The minimum atomic E-state index is 0.0761. The molecule has 1 saturated heterocycles. The van der Waals surface area contributed by atoms with Crippen LogP contribution in [0.15, 0.2) is 30.3 Å². The quantitative estimate of drug-likeness (QED) is 0.837. The molecule has 1 aliphatic heterocycles. The van der Waals surface area contributed by atoms with E-state index in [1.807, 2.05) is 6.07 Å². The van der Waals surface area contributed by atoms with Gasteiger partial charge >= 0.3 is 0 Å². The Bertz CT molecular complexity index is 515. The van der Waals surface area contributed by atoms with Gasteiger partial charge in [-0.05, 0) is 31.2 Å². The van der Waals surface area contributed by atoms with E-state index in [9.17, 15) is 9.59 Å². The molecule has 118 valence electrons. The van der Waals surface area contributed by atoms with E-state index in [1.165, 1.54) is 12.0 Å². The molecule has 22 heavy (non-hydrogen) atoms. The third-order valence-corrected chi connectivity index (χ3v) is 5.15. The van der Waals surface area contributed by atoms with Crippen LogP contribution in [0.2, 0.25) is 0 Å². The van der Waals surface area contributed by atoms with Gasteiger partial charge in [0.15, 0.2) is 0 Å². The zero-order valence-electron chi connectivity index (χ0n) is 13.2. The van der Waals surface area contributed by atoms with Crippen LogP contribution < -0.4 is 0 Å². The summed E-state index contributed by atoms with van der Waals surface area (Å²) in [6, 6.07) is 10.6. The first-order valence-electron chi connectivity index (χ1n) is 8.59. The second kappa shape index (κ2) is 7.08. The van der Waals surface area contributed by atoms with Crippen molar-refractivity contribution in [1.29, 1.82) is 0 Å². The van der Waals surface area contributed by atoms with E-state index in [0.29, 0.717) is 24.5 Å². The number of carbonyl (C=O) groups excluding carboxylic acids is 2. The van der Waals surface area contributed by atoms with E-state index in [1.54, 1.807) is 0 Å². The summed E-state index contributed by atoms with van der Waals surface area (Å²) in [6.07, 6.45) is 6.14. The van der Waals surface area contributed by atoms with E-state index in [-0.39, 0.29) is 11.8 Å². The topological polar surface area (TPSA) is 37.4 Å². The molecule has 1 atom stereocenters. The first-order chi connectivity index (χ1) is 10.7. The smallest absolute Gasteiger partial charge is 0.225 e. The van der Waals surface area contributed by atoms with Gasteiger partial charge in [0, 0.05) is 37.8 Å². The lowest BCUT2D eigenvalue weighted by Gasteiger charge is -2.30. The van der Waals surface area contributed by atoms with Crippen molar-refractivity contribution in [2.24, 2.45) is 5.92 Å². The highest BCUT2D eigenvalue weighted by Gasteiger charge is 2.30. The van der Waals surface area contributed by atoms with Crippen molar-refractivity contribution in [3.8, 4) is 0 Å². The fraction of sp³-hybridized carbons (Fsp3) is 0.579. The van der Waals surface area contributed by atoms with Crippen molar-refractivity contribution in [3.05, 3.63) is 35.9 Å². The number of carbonyl (C=O) groups is 2. The number of likely N-dealkylation sites (tertiary alicyclic amines) is 1. The zero-order chi connectivity index (χ0) is 15.4. The van der Waals surface area contributed by atoms with Crippen molar-refractivity contribution in [1.82, 2.24) is 4.90 Å². The van der Waals surface area contributed by atoms with Crippen LogP contribution in [-0.2, 0) is 9.59 Å². The van der Waals surface area contributed by atoms with E-state index in [4.69, 9.17) is 0 Å². The molecule has 2 aliphatic rings. The summed E-state index contributed by atoms with van der Waals surface area (Å²) in [5.74, 6) is 1.14. The van der Waals surface area contributed by atoms with Crippen LogP contribution in [0.1, 0.15) is 56.4 Å². The highest BCUT2D eigenvalue weighted by atomic mass is 16.2. The monoisotopic (exact) mass is 299 g/mol. The first kappa shape index (κ1) is 15.3. The van der Waals surface area contributed by atoms with Crippen LogP contribution in [0, 0.1) is 5.92 Å². The standard InChI is InChI=1S/C19H25NO2/c21-18-11-9-16(10-12-18)19(22)20-13-5-4-8-17(14-20)15-6-2-1-3-7-15/h1-3,6-7,16-17H,4-5,8-14H2. The molecule has 1 aliphatic carbocycles. The van der Waals surface area contributed by atoms with Gasteiger partial charge in [-0.3, -0.25) is 9.59 Å². The zero-order valence-corrected chi connectivity index (χ0v) is 13.2. The summed E-state index contributed by atoms with van der Waals surface area (Å²) in [4.78, 5) is 26.3. The van der Waals surface area contributed by atoms with Crippen LogP contribution >= 0.6 is 0 Å². The van der Waals surface area contributed by atoms with Crippen LogP contribution in [0.5, 0.6) is 0 Å². The van der Waals surface area contributed by atoms with Gasteiger partial charge < -0.3 is 4.90 Å². The van der Waals surface area contributed by atoms with Crippen molar-refractivity contribution in [2.75, 3.05) is 13.1 Å². The minimum absolute atomic E-state index is 0.0761. The molecule has 0 bridgehead atoms. The largest absolute Gasteiger partial charge is 0.342 e. The Morgan fingerprint density at radius 1 is 1.00 bits per heavy atom. The molecule has 2 fully saturated rings. The summed E-state index contributed by atoms with van der Waals surface area (Å²) in [6.45, 7) is 1.72. The molecular formula is C19H25NO2. The Balaban J connectivity index is 1.67. The van der Waals surface area contributed by atoms with E-state index < -0.39 is 0 Å². The van der Waals surface area contributed by atoms with Gasteiger partial charge in [0.05, 0.1) is 0 Å². The highest BCUT2D eigenvalue weighted by molar-refractivity contribution is 5.84. The molecule has 3 rings (SSSR count). The van der Waals surface area contributed by atoms with Crippen LogP contribution in [0.25, 0.3) is 0 Å². The number of hydrogen-bond donors (Lipinski definition) is 0. The summed E-state index contributed by atoms with van der Waals surface area (Å²) in [5, 5.41) is 0. The lowest BCUT2D eigenvalue weighted by molar-refractivity contribution is -0.137. The number of Topliss-reactive ketones (excluding diaryl/α,β-unsaturated/α-hetero) is 1. The molecule has 0 spiro atoms. The van der Waals surface area contributed by atoms with E-state index in [2.05, 4.69) is 29.2 Å². The lowest BCUT2D eigenvalue weighted by atomic mass is 9.87. The molecule has 3 heteroatoms. The van der Waals surface area contributed by atoms with Crippen molar-refractivity contribution in [2.45, 2.75) is 50.9 Å². The highest BCUT2D eigenvalue weighted by Crippen LogP contribution is 2.29. The maximum Gasteiger partial charge on any atom is 0.225 e. The summed E-state index contributed by atoms with van der Waals surface area (Å²) in [7, 11) is 0. The van der Waals surface area contributed by atoms with Crippen LogP contribution in [-0.4, -0.2) is 29.7 Å². The van der Waals surface area contributed by atoms with Gasteiger partial charge in [-0.2, -0.15) is 0 Å². The van der Waals surface area contributed by atoms with Gasteiger partial charge in [0.1, 0.15) is 5.78 Å². The Labute approximate surface area is 132 Å². The summed E-state index contributed by atoms with van der Waals surface area (Å²) < 4.78 is 0. The second-order valence-corrected chi connectivity index (χ2v) is 6.70.